The molecule has 0 amide bonds. The fourth-order valence-electron chi connectivity index (χ4n) is 3.30. The number of β-amino-alcohol motifs (C(OH)–C–C–N with tert-alkyl or cyclic N) is 1. The van der Waals surface area contributed by atoms with Gasteiger partial charge in [-0.2, -0.15) is 0 Å². The summed E-state index contributed by atoms with van der Waals surface area (Å²) in [7, 11) is 0. The summed E-state index contributed by atoms with van der Waals surface area (Å²) in [4.78, 5) is 6.79. The van der Waals surface area contributed by atoms with Crippen molar-refractivity contribution >= 4 is 10.9 Å². The van der Waals surface area contributed by atoms with Crippen LogP contribution < -0.4 is 4.74 Å². The van der Waals surface area contributed by atoms with Gasteiger partial charge in [0.15, 0.2) is 0 Å². The van der Waals surface area contributed by atoms with E-state index in [1.54, 1.807) is 0 Å². The third-order valence-corrected chi connectivity index (χ3v) is 4.22. The number of nitrogens with zero attached hydrogens (tertiary/aromatic N) is 2. The van der Waals surface area contributed by atoms with Crippen molar-refractivity contribution in [2.24, 2.45) is 0 Å². The van der Waals surface area contributed by atoms with Crippen LogP contribution in [0.1, 0.15) is 19.5 Å². The van der Waals surface area contributed by atoms with Gasteiger partial charge in [0.2, 0.25) is 0 Å². The van der Waals surface area contributed by atoms with Crippen molar-refractivity contribution in [3.05, 3.63) is 36.0 Å². The first-order valence-corrected chi connectivity index (χ1v) is 8.56. The van der Waals surface area contributed by atoms with E-state index in [1.807, 2.05) is 37.3 Å². The summed E-state index contributed by atoms with van der Waals surface area (Å²) in [5, 5.41) is 11.4. The van der Waals surface area contributed by atoms with E-state index in [9.17, 15) is 5.11 Å². The monoisotopic (exact) mass is 330 g/mol. The zero-order valence-corrected chi connectivity index (χ0v) is 14.6. The van der Waals surface area contributed by atoms with Gasteiger partial charge in [-0.1, -0.05) is 18.2 Å². The molecule has 0 bridgehead atoms. The molecule has 1 aliphatic rings. The van der Waals surface area contributed by atoms with Gasteiger partial charge in [0.05, 0.1) is 12.2 Å². The molecule has 1 saturated heterocycles. The quantitative estimate of drug-likeness (QED) is 0.912. The minimum absolute atomic E-state index is 0.201. The number of aryl methyl sites for hydroxylation is 1. The standard InChI is InChI=1S/C19H26N2O3/c1-13-7-8-16-5-4-6-18(19(16)20-13)23-12-17(22)11-21-9-14(2)24-15(3)10-21/h4-8,14-15,17,22H,9-12H2,1-3H3. The van der Waals surface area contributed by atoms with Crippen molar-refractivity contribution < 1.29 is 14.6 Å². The second-order valence-electron chi connectivity index (χ2n) is 6.72. The van der Waals surface area contributed by atoms with Gasteiger partial charge in [-0.25, -0.2) is 4.98 Å². The third kappa shape index (κ3) is 4.23. The molecule has 1 aromatic heterocycles. The topological polar surface area (TPSA) is 54.8 Å². The molecule has 1 aromatic carbocycles. The van der Waals surface area contributed by atoms with Crippen LogP contribution in [0.15, 0.2) is 30.3 Å². The Hall–Kier alpha value is -1.69. The number of aromatic nitrogens is 1. The van der Waals surface area contributed by atoms with Crippen molar-refractivity contribution in [2.75, 3.05) is 26.2 Å². The Morgan fingerprint density at radius 2 is 2.00 bits per heavy atom. The third-order valence-electron chi connectivity index (χ3n) is 4.22. The number of fused-ring (bicyclic) bond motifs is 1. The Kier molecular flexibility index (Phi) is 5.33. The molecule has 3 atom stereocenters. The Bertz CT molecular complexity index is 681. The molecule has 1 aliphatic heterocycles. The predicted octanol–water partition coefficient (Wildman–Crippen LogP) is 2.39. The SMILES string of the molecule is Cc1ccc2cccc(OCC(O)CN3CC(C)OC(C)C3)c2n1. The van der Waals surface area contributed by atoms with E-state index in [-0.39, 0.29) is 18.8 Å². The maximum Gasteiger partial charge on any atom is 0.145 e. The van der Waals surface area contributed by atoms with Crippen molar-refractivity contribution in [3.8, 4) is 5.75 Å². The van der Waals surface area contributed by atoms with Crippen LogP contribution in [0.2, 0.25) is 0 Å². The van der Waals surface area contributed by atoms with Gasteiger partial charge < -0.3 is 14.6 Å². The highest BCUT2D eigenvalue weighted by Gasteiger charge is 2.24. The lowest BCUT2D eigenvalue weighted by Gasteiger charge is -2.36. The number of para-hydroxylation sites is 1. The number of benzene rings is 1. The molecule has 2 aromatic rings. The van der Waals surface area contributed by atoms with Crippen molar-refractivity contribution in [3.63, 3.8) is 0 Å². The van der Waals surface area contributed by atoms with Crippen LogP contribution in [-0.2, 0) is 4.74 Å². The zero-order valence-electron chi connectivity index (χ0n) is 14.6. The van der Waals surface area contributed by atoms with Crippen molar-refractivity contribution in [1.29, 1.82) is 0 Å². The van der Waals surface area contributed by atoms with Gasteiger partial charge in [-0.3, -0.25) is 4.90 Å². The lowest BCUT2D eigenvalue weighted by Crippen LogP contribution is -2.48. The first-order valence-electron chi connectivity index (χ1n) is 8.56. The first kappa shape index (κ1) is 17.1. The maximum atomic E-state index is 10.3. The van der Waals surface area contributed by atoms with Gasteiger partial charge in [0.25, 0.3) is 0 Å². The molecule has 24 heavy (non-hydrogen) atoms. The normalized spacial score (nSPS) is 23.3. The van der Waals surface area contributed by atoms with Crippen LogP contribution in [0.25, 0.3) is 10.9 Å². The molecule has 2 heterocycles. The van der Waals surface area contributed by atoms with Crippen LogP contribution >= 0.6 is 0 Å². The van der Waals surface area contributed by atoms with Crippen LogP contribution in [-0.4, -0.2) is 59.5 Å². The highest BCUT2D eigenvalue weighted by atomic mass is 16.5. The van der Waals surface area contributed by atoms with E-state index in [0.717, 1.165) is 35.4 Å². The molecule has 3 rings (SSSR count). The average Bonchev–Trinajstić information content (AvgIpc) is 2.52. The Balaban J connectivity index is 1.60. The summed E-state index contributed by atoms with van der Waals surface area (Å²) in [6, 6.07) is 9.90. The highest BCUT2D eigenvalue weighted by molar-refractivity contribution is 5.84. The van der Waals surface area contributed by atoms with Crippen LogP contribution in [0.5, 0.6) is 5.75 Å². The van der Waals surface area contributed by atoms with Crippen molar-refractivity contribution in [1.82, 2.24) is 9.88 Å². The summed E-state index contributed by atoms with van der Waals surface area (Å²) < 4.78 is 11.6. The molecule has 1 N–H and O–H groups in total. The van der Waals surface area contributed by atoms with E-state index < -0.39 is 6.10 Å². The summed E-state index contributed by atoms with van der Waals surface area (Å²) in [6.07, 6.45) is -0.137. The molecule has 130 valence electrons. The number of ether oxygens (including phenoxy) is 2. The van der Waals surface area contributed by atoms with Crippen LogP contribution in [0.3, 0.4) is 0 Å². The molecule has 5 nitrogen and oxygen atoms in total. The van der Waals surface area contributed by atoms with Crippen LogP contribution in [0, 0.1) is 6.92 Å². The fraction of sp³-hybridized carbons (Fsp3) is 0.526. The largest absolute Gasteiger partial charge is 0.489 e. The number of morpholine rings is 1. The van der Waals surface area contributed by atoms with E-state index in [0.29, 0.717) is 6.54 Å². The summed E-state index contributed by atoms with van der Waals surface area (Å²) >= 11 is 0. The lowest BCUT2D eigenvalue weighted by atomic mass is 10.2. The molecule has 0 aliphatic carbocycles. The Morgan fingerprint density at radius 1 is 1.25 bits per heavy atom. The molecular formula is C19H26N2O3. The average molecular weight is 330 g/mol. The minimum Gasteiger partial charge on any atom is -0.489 e. The van der Waals surface area contributed by atoms with E-state index in [4.69, 9.17) is 9.47 Å². The van der Waals surface area contributed by atoms with E-state index >= 15 is 0 Å². The number of aliphatic hydroxyl groups excluding tert-OH is 1. The van der Waals surface area contributed by atoms with Gasteiger partial charge in [-0.15, -0.1) is 0 Å². The van der Waals surface area contributed by atoms with Gasteiger partial charge in [0, 0.05) is 30.7 Å². The van der Waals surface area contributed by atoms with E-state index in [1.165, 1.54) is 0 Å². The van der Waals surface area contributed by atoms with Crippen LogP contribution in [0.4, 0.5) is 0 Å². The molecule has 3 unspecified atom stereocenters. The molecule has 0 spiro atoms. The number of aliphatic hydroxyl groups is 1. The van der Waals surface area contributed by atoms with Gasteiger partial charge in [-0.05, 0) is 32.9 Å². The number of hydrogen-bond donors (Lipinski definition) is 1. The van der Waals surface area contributed by atoms with Crippen molar-refractivity contribution in [2.45, 2.75) is 39.1 Å². The van der Waals surface area contributed by atoms with Gasteiger partial charge >= 0.3 is 0 Å². The highest BCUT2D eigenvalue weighted by Crippen LogP contribution is 2.24. The summed E-state index contributed by atoms with van der Waals surface area (Å²) in [6.45, 7) is 8.63. The zero-order chi connectivity index (χ0) is 17.1. The molecule has 1 fully saturated rings. The second kappa shape index (κ2) is 7.47. The number of hydrogen-bond acceptors (Lipinski definition) is 5. The van der Waals surface area contributed by atoms with E-state index in [2.05, 4.69) is 23.7 Å². The van der Waals surface area contributed by atoms with Gasteiger partial charge in [0.1, 0.15) is 24.0 Å². The maximum absolute atomic E-state index is 10.3. The minimum atomic E-state index is -0.539. The Morgan fingerprint density at radius 3 is 2.75 bits per heavy atom. The number of rotatable bonds is 5. The summed E-state index contributed by atoms with van der Waals surface area (Å²) in [5.41, 5.74) is 1.80. The molecule has 0 saturated carbocycles. The summed E-state index contributed by atoms with van der Waals surface area (Å²) in [5.74, 6) is 0.721. The first-order chi connectivity index (χ1) is 11.5. The number of pyridine rings is 1. The predicted molar refractivity (Wildman–Crippen MR) is 94.4 cm³/mol. The molecular weight excluding hydrogens is 304 g/mol. The lowest BCUT2D eigenvalue weighted by molar-refractivity contribution is -0.0786. The molecule has 5 heteroatoms. The molecule has 0 radical (unpaired) electrons. The Labute approximate surface area is 143 Å². The second-order valence-corrected chi connectivity index (χ2v) is 6.72. The smallest absolute Gasteiger partial charge is 0.145 e. The fourth-order valence-corrected chi connectivity index (χ4v) is 3.30.